The molecule has 2 heterocycles. The minimum Gasteiger partial charge on any atom is -0.497 e. The third-order valence-corrected chi connectivity index (χ3v) is 4.77. The van der Waals surface area contributed by atoms with Crippen LogP contribution in [0.4, 0.5) is 11.4 Å². The molecule has 1 aliphatic rings. The first-order valence-electron chi connectivity index (χ1n) is 9.09. The van der Waals surface area contributed by atoms with E-state index in [9.17, 15) is 9.59 Å². The van der Waals surface area contributed by atoms with Crippen LogP contribution < -0.4 is 15.0 Å². The highest BCUT2D eigenvalue weighted by Gasteiger charge is 2.25. The lowest BCUT2D eigenvalue weighted by Gasteiger charge is -2.29. The summed E-state index contributed by atoms with van der Waals surface area (Å²) in [4.78, 5) is 27.1. The predicted molar refractivity (Wildman–Crippen MR) is 106 cm³/mol. The molecule has 6 heteroatoms. The first-order chi connectivity index (χ1) is 13.7. The number of aryl methyl sites for hydroxylation is 1. The average molecular weight is 376 g/mol. The fourth-order valence-corrected chi connectivity index (χ4v) is 3.36. The van der Waals surface area contributed by atoms with E-state index in [1.165, 1.54) is 6.26 Å². The Labute approximate surface area is 162 Å². The van der Waals surface area contributed by atoms with Crippen LogP contribution in [0, 0.1) is 0 Å². The highest BCUT2D eigenvalue weighted by Crippen LogP contribution is 2.31. The normalized spacial score (nSPS) is 13.0. The first kappa shape index (κ1) is 17.9. The van der Waals surface area contributed by atoms with Crippen molar-refractivity contribution in [1.82, 2.24) is 0 Å². The summed E-state index contributed by atoms with van der Waals surface area (Å²) < 4.78 is 10.4. The van der Waals surface area contributed by atoms with Gasteiger partial charge in [-0.05, 0) is 60.9 Å². The van der Waals surface area contributed by atoms with Crippen molar-refractivity contribution < 1.29 is 18.7 Å². The molecule has 0 aliphatic carbocycles. The van der Waals surface area contributed by atoms with Crippen LogP contribution in [0.3, 0.4) is 0 Å². The molecule has 0 fully saturated rings. The van der Waals surface area contributed by atoms with Crippen LogP contribution in [0.15, 0.2) is 65.3 Å². The van der Waals surface area contributed by atoms with E-state index in [0.29, 0.717) is 29.3 Å². The number of rotatable bonds is 4. The molecule has 2 aromatic carbocycles. The van der Waals surface area contributed by atoms with E-state index in [-0.39, 0.29) is 11.8 Å². The van der Waals surface area contributed by atoms with Gasteiger partial charge in [0.15, 0.2) is 5.76 Å². The van der Waals surface area contributed by atoms with Crippen molar-refractivity contribution in [2.75, 3.05) is 23.9 Å². The van der Waals surface area contributed by atoms with E-state index < -0.39 is 0 Å². The number of furan rings is 1. The van der Waals surface area contributed by atoms with E-state index in [1.54, 1.807) is 48.4 Å². The van der Waals surface area contributed by atoms with Gasteiger partial charge < -0.3 is 19.4 Å². The lowest BCUT2D eigenvalue weighted by molar-refractivity contribution is 0.0958. The Bertz CT molecular complexity index is 1010. The van der Waals surface area contributed by atoms with Crippen LogP contribution in [0.5, 0.6) is 5.75 Å². The Morgan fingerprint density at radius 1 is 1.11 bits per heavy atom. The van der Waals surface area contributed by atoms with Gasteiger partial charge in [-0.15, -0.1) is 0 Å². The Morgan fingerprint density at radius 3 is 2.79 bits per heavy atom. The maximum absolute atomic E-state index is 12.8. The second-order valence-corrected chi connectivity index (χ2v) is 6.57. The molecular formula is C22H20N2O4. The number of ether oxygens (including phenoxy) is 1. The minimum atomic E-state index is -0.237. The summed E-state index contributed by atoms with van der Waals surface area (Å²) in [7, 11) is 1.56. The predicted octanol–water partition coefficient (Wildman–Crippen LogP) is 4.13. The molecule has 3 aromatic rings. The molecule has 0 saturated heterocycles. The van der Waals surface area contributed by atoms with Crippen molar-refractivity contribution in [1.29, 1.82) is 0 Å². The molecule has 6 nitrogen and oxygen atoms in total. The monoisotopic (exact) mass is 376 g/mol. The van der Waals surface area contributed by atoms with E-state index in [2.05, 4.69) is 5.32 Å². The molecule has 0 atom stereocenters. The molecule has 1 N–H and O–H groups in total. The summed E-state index contributed by atoms with van der Waals surface area (Å²) in [5.41, 5.74) is 3.01. The number of nitrogens with zero attached hydrogens (tertiary/aromatic N) is 1. The lowest BCUT2D eigenvalue weighted by Crippen LogP contribution is -2.35. The van der Waals surface area contributed by atoms with Gasteiger partial charge in [0.1, 0.15) is 5.75 Å². The number of methoxy groups -OCH3 is 1. The summed E-state index contributed by atoms with van der Waals surface area (Å²) in [6.45, 7) is 0.611. The third-order valence-electron chi connectivity index (χ3n) is 4.77. The van der Waals surface area contributed by atoms with Gasteiger partial charge in [-0.2, -0.15) is 0 Å². The number of carbonyl (C=O) groups excluding carboxylic acids is 2. The van der Waals surface area contributed by atoms with Crippen LogP contribution in [-0.2, 0) is 6.42 Å². The van der Waals surface area contributed by atoms with E-state index in [4.69, 9.17) is 9.15 Å². The molecule has 0 radical (unpaired) electrons. The first-order valence-corrected chi connectivity index (χ1v) is 9.09. The van der Waals surface area contributed by atoms with E-state index in [0.717, 1.165) is 24.1 Å². The van der Waals surface area contributed by atoms with Crippen molar-refractivity contribution in [3.8, 4) is 5.75 Å². The maximum Gasteiger partial charge on any atom is 0.293 e. The number of amides is 2. The van der Waals surface area contributed by atoms with Gasteiger partial charge in [0.25, 0.3) is 11.8 Å². The van der Waals surface area contributed by atoms with Crippen molar-refractivity contribution in [2.24, 2.45) is 0 Å². The molecule has 1 aromatic heterocycles. The Kier molecular flexibility index (Phi) is 4.85. The van der Waals surface area contributed by atoms with Crippen molar-refractivity contribution >= 4 is 23.2 Å². The highest BCUT2D eigenvalue weighted by molar-refractivity contribution is 6.07. The molecule has 0 saturated carbocycles. The van der Waals surface area contributed by atoms with Crippen LogP contribution in [0.1, 0.15) is 32.9 Å². The van der Waals surface area contributed by atoms with Crippen LogP contribution in [0.25, 0.3) is 0 Å². The van der Waals surface area contributed by atoms with Crippen LogP contribution in [0.2, 0.25) is 0 Å². The Balaban J connectivity index is 1.59. The Hall–Kier alpha value is -3.54. The van der Waals surface area contributed by atoms with Gasteiger partial charge in [-0.25, -0.2) is 0 Å². The van der Waals surface area contributed by atoms with Gasteiger partial charge in [0.05, 0.1) is 13.4 Å². The maximum atomic E-state index is 12.8. The standard InChI is InChI=1S/C22H20N2O4/c1-27-18-7-2-5-16(13-18)21(25)23-17-10-9-15-6-3-11-24(19(15)14-17)22(26)20-8-4-12-28-20/h2,4-5,7-10,12-14H,3,6,11H2,1H3,(H,23,25). The summed E-state index contributed by atoms with van der Waals surface area (Å²) in [5.74, 6) is 0.507. The molecule has 4 rings (SSSR count). The number of nitrogens with one attached hydrogen (secondary N) is 1. The number of hydrogen-bond acceptors (Lipinski definition) is 4. The zero-order chi connectivity index (χ0) is 19.5. The van der Waals surface area contributed by atoms with Crippen LogP contribution >= 0.6 is 0 Å². The molecular weight excluding hydrogens is 356 g/mol. The third kappa shape index (κ3) is 3.49. The molecule has 1 aliphatic heterocycles. The zero-order valence-electron chi connectivity index (χ0n) is 15.5. The number of hydrogen-bond donors (Lipinski definition) is 1. The topological polar surface area (TPSA) is 71.8 Å². The van der Waals surface area contributed by atoms with E-state index >= 15 is 0 Å². The summed E-state index contributed by atoms with van der Waals surface area (Å²) in [5, 5.41) is 2.90. The van der Waals surface area contributed by atoms with Crippen molar-refractivity contribution in [3.63, 3.8) is 0 Å². The molecule has 0 bridgehead atoms. The smallest absolute Gasteiger partial charge is 0.293 e. The molecule has 0 spiro atoms. The number of fused-ring (bicyclic) bond motifs is 1. The minimum absolute atomic E-state index is 0.178. The average Bonchev–Trinajstić information content (AvgIpc) is 3.27. The van der Waals surface area contributed by atoms with Gasteiger partial charge >= 0.3 is 0 Å². The summed E-state index contributed by atoms with van der Waals surface area (Å²) in [6.07, 6.45) is 3.26. The number of benzene rings is 2. The van der Waals surface area contributed by atoms with E-state index in [1.807, 2.05) is 18.2 Å². The quantitative estimate of drug-likeness (QED) is 0.743. The Morgan fingerprint density at radius 2 is 2.00 bits per heavy atom. The largest absolute Gasteiger partial charge is 0.497 e. The molecule has 142 valence electrons. The van der Waals surface area contributed by atoms with Crippen LogP contribution in [-0.4, -0.2) is 25.5 Å². The lowest BCUT2D eigenvalue weighted by atomic mass is 10.0. The molecule has 0 unspecified atom stereocenters. The number of anilines is 2. The van der Waals surface area contributed by atoms with Gasteiger partial charge in [0.2, 0.25) is 0 Å². The van der Waals surface area contributed by atoms with Crippen molar-refractivity contribution in [3.05, 3.63) is 77.7 Å². The summed E-state index contributed by atoms with van der Waals surface area (Å²) >= 11 is 0. The second kappa shape index (κ2) is 7.60. The van der Waals surface area contributed by atoms with Gasteiger partial charge in [-0.1, -0.05) is 12.1 Å². The zero-order valence-corrected chi connectivity index (χ0v) is 15.5. The SMILES string of the molecule is COc1cccc(C(=O)Nc2ccc3c(c2)N(C(=O)c2ccco2)CCC3)c1. The van der Waals surface area contributed by atoms with Crippen molar-refractivity contribution in [2.45, 2.75) is 12.8 Å². The molecule has 2 amide bonds. The fraction of sp³-hybridized carbons (Fsp3) is 0.182. The number of carbonyl (C=O) groups is 2. The second-order valence-electron chi connectivity index (χ2n) is 6.57. The highest BCUT2D eigenvalue weighted by atomic mass is 16.5. The fourth-order valence-electron chi connectivity index (χ4n) is 3.36. The van der Waals surface area contributed by atoms with Gasteiger partial charge in [0, 0.05) is 23.5 Å². The molecule has 28 heavy (non-hydrogen) atoms. The van der Waals surface area contributed by atoms with Gasteiger partial charge in [-0.3, -0.25) is 9.59 Å². The summed E-state index contributed by atoms with van der Waals surface area (Å²) in [6, 6.07) is 16.0.